The van der Waals surface area contributed by atoms with Crippen molar-refractivity contribution < 1.29 is 4.39 Å². The molecular weight excluding hydrogens is 321 g/mol. The Morgan fingerprint density at radius 3 is 2.70 bits per heavy atom. The molecule has 0 aromatic heterocycles. The van der Waals surface area contributed by atoms with Crippen molar-refractivity contribution in [1.29, 1.82) is 0 Å². The van der Waals surface area contributed by atoms with Crippen molar-refractivity contribution in [3.05, 3.63) is 34.1 Å². The van der Waals surface area contributed by atoms with Crippen molar-refractivity contribution in [2.75, 3.05) is 39.8 Å². The summed E-state index contributed by atoms with van der Waals surface area (Å²) in [5, 5.41) is 3.47. The average molecular weight is 344 g/mol. The molecule has 1 atom stereocenters. The zero-order valence-electron chi connectivity index (χ0n) is 12.2. The van der Waals surface area contributed by atoms with Crippen molar-refractivity contribution in [1.82, 2.24) is 15.1 Å². The lowest BCUT2D eigenvalue weighted by atomic mass is 10.2. The Bertz CT molecular complexity index is 433. The lowest BCUT2D eigenvalue weighted by Crippen LogP contribution is -2.48. The summed E-state index contributed by atoms with van der Waals surface area (Å²) in [6.45, 7) is 8.46. The first-order chi connectivity index (χ1) is 9.54. The Kier molecular flexibility index (Phi) is 5.96. The number of hydrogen-bond donors (Lipinski definition) is 1. The molecule has 1 aromatic carbocycles. The summed E-state index contributed by atoms with van der Waals surface area (Å²) >= 11 is 3.46. The van der Waals surface area contributed by atoms with Crippen LogP contribution in [0.25, 0.3) is 0 Å². The highest BCUT2D eigenvalue weighted by atomic mass is 79.9. The minimum Gasteiger partial charge on any atom is -0.309 e. The Morgan fingerprint density at radius 1 is 1.30 bits per heavy atom. The zero-order valence-corrected chi connectivity index (χ0v) is 13.8. The van der Waals surface area contributed by atoms with E-state index in [9.17, 15) is 4.39 Å². The van der Waals surface area contributed by atoms with Gasteiger partial charge in [0.05, 0.1) is 0 Å². The molecule has 1 aliphatic heterocycles. The van der Waals surface area contributed by atoms with Crippen LogP contribution in [-0.4, -0.2) is 55.6 Å². The molecule has 2 rings (SSSR count). The SMILES string of the molecule is C[C@@H](CN1CCN(C)CC1)NCc1cc(F)ccc1Br. The minimum absolute atomic E-state index is 0.184. The number of hydrogen-bond acceptors (Lipinski definition) is 3. The molecular formula is C15H23BrFN3. The van der Waals surface area contributed by atoms with Gasteiger partial charge in [-0.2, -0.15) is 0 Å². The largest absolute Gasteiger partial charge is 0.309 e. The van der Waals surface area contributed by atoms with Gasteiger partial charge in [0.2, 0.25) is 0 Å². The first kappa shape index (κ1) is 15.9. The second-order valence-electron chi connectivity index (χ2n) is 5.62. The zero-order chi connectivity index (χ0) is 14.5. The number of halogens is 2. The van der Waals surface area contributed by atoms with Crippen LogP contribution in [0.2, 0.25) is 0 Å². The molecule has 0 spiro atoms. The molecule has 1 saturated heterocycles. The fourth-order valence-corrected chi connectivity index (χ4v) is 2.83. The first-order valence-electron chi connectivity index (χ1n) is 7.13. The number of nitrogens with one attached hydrogen (secondary N) is 1. The Balaban J connectivity index is 1.77. The van der Waals surface area contributed by atoms with E-state index in [0.717, 1.165) is 42.8 Å². The summed E-state index contributed by atoms with van der Waals surface area (Å²) < 4.78 is 14.2. The third-order valence-electron chi connectivity index (χ3n) is 3.78. The van der Waals surface area contributed by atoms with E-state index in [4.69, 9.17) is 0 Å². The predicted molar refractivity (Wildman–Crippen MR) is 84.3 cm³/mol. The van der Waals surface area contributed by atoms with E-state index >= 15 is 0 Å². The van der Waals surface area contributed by atoms with Crippen LogP contribution in [0.3, 0.4) is 0 Å². The van der Waals surface area contributed by atoms with E-state index in [1.165, 1.54) is 6.07 Å². The highest BCUT2D eigenvalue weighted by molar-refractivity contribution is 9.10. The van der Waals surface area contributed by atoms with Gasteiger partial charge in [0.15, 0.2) is 0 Å². The normalized spacial score (nSPS) is 19.2. The molecule has 1 N–H and O–H groups in total. The molecule has 0 radical (unpaired) electrons. The number of piperazine rings is 1. The molecule has 5 heteroatoms. The number of benzene rings is 1. The van der Waals surface area contributed by atoms with Crippen LogP contribution in [-0.2, 0) is 6.54 Å². The molecule has 3 nitrogen and oxygen atoms in total. The van der Waals surface area contributed by atoms with E-state index in [1.807, 2.05) is 0 Å². The van der Waals surface area contributed by atoms with Crippen LogP contribution in [0.15, 0.2) is 22.7 Å². The monoisotopic (exact) mass is 343 g/mol. The fourth-order valence-electron chi connectivity index (χ4n) is 2.45. The molecule has 1 aromatic rings. The lowest BCUT2D eigenvalue weighted by Gasteiger charge is -2.34. The van der Waals surface area contributed by atoms with E-state index in [1.54, 1.807) is 12.1 Å². The van der Waals surface area contributed by atoms with E-state index in [0.29, 0.717) is 12.6 Å². The minimum atomic E-state index is -0.184. The summed E-state index contributed by atoms with van der Waals surface area (Å²) in [6.07, 6.45) is 0. The Hall–Kier alpha value is -0.490. The van der Waals surface area contributed by atoms with Gasteiger partial charge in [-0.3, -0.25) is 4.90 Å². The van der Waals surface area contributed by atoms with Gasteiger partial charge in [0, 0.05) is 49.8 Å². The van der Waals surface area contributed by atoms with Crippen molar-refractivity contribution in [2.45, 2.75) is 19.5 Å². The third-order valence-corrected chi connectivity index (χ3v) is 4.55. The predicted octanol–water partition coefficient (Wildman–Crippen LogP) is 2.31. The Morgan fingerprint density at radius 2 is 2.00 bits per heavy atom. The van der Waals surface area contributed by atoms with Gasteiger partial charge in [-0.05, 0) is 37.7 Å². The maximum atomic E-state index is 13.2. The average Bonchev–Trinajstić information content (AvgIpc) is 2.42. The molecule has 1 fully saturated rings. The first-order valence-corrected chi connectivity index (χ1v) is 7.92. The molecule has 20 heavy (non-hydrogen) atoms. The van der Waals surface area contributed by atoms with Gasteiger partial charge < -0.3 is 10.2 Å². The van der Waals surface area contributed by atoms with Crippen molar-refractivity contribution in [2.24, 2.45) is 0 Å². The van der Waals surface area contributed by atoms with E-state index in [2.05, 4.69) is 45.0 Å². The summed E-state index contributed by atoms with van der Waals surface area (Å²) in [5.74, 6) is -0.184. The van der Waals surface area contributed by atoms with Crippen molar-refractivity contribution in [3.8, 4) is 0 Å². The topological polar surface area (TPSA) is 18.5 Å². The summed E-state index contributed by atoms with van der Waals surface area (Å²) in [5.41, 5.74) is 0.968. The van der Waals surface area contributed by atoms with Gasteiger partial charge >= 0.3 is 0 Å². The van der Waals surface area contributed by atoms with Crippen LogP contribution in [0, 0.1) is 5.82 Å². The highest BCUT2D eigenvalue weighted by Crippen LogP contribution is 2.17. The maximum absolute atomic E-state index is 13.2. The number of likely N-dealkylation sites (N-methyl/N-ethyl adjacent to an activating group) is 1. The standard InChI is InChI=1S/C15H23BrFN3/c1-12(11-20-7-5-19(2)6-8-20)18-10-13-9-14(17)3-4-15(13)16/h3-4,9,12,18H,5-8,10-11H2,1-2H3/t12-/m0/s1. The van der Waals surface area contributed by atoms with Crippen molar-refractivity contribution >= 4 is 15.9 Å². The molecule has 1 heterocycles. The summed E-state index contributed by atoms with van der Waals surface area (Å²) in [7, 11) is 2.17. The third kappa shape index (κ3) is 4.81. The van der Waals surface area contributed by atoms with Gasteiger partial charge in [0.25, 0.3) is 0 Å². The molecule has 112 valence electrons. The number of rotatable bonds is 5. The maximum Gasteiger partial charge on any atom is 0.123 e. The fraction of sp³-hybridized carbons (Fsp3) is 0.600. The van der Waals surface area contributed by atoms with Crippen LogP contribution >= 0.6 is 15.9 Å². The molecule has 1 aliphatic rings. The van der Waals surface area contributed by atoms with Gasteiger partial charge in [-0.15, -0.1) is 0 Å². The quantitative estimate of drug-likeness (QED) is 0.885. The summed E-state index contributed by atoms with van der Waals surface area (Å²) in [4.78, 5) is 4.84. The molecule has 0 aliphatic carbocycles. The van der Waals surface area contributed by atoms with E-state index < -0.39 is 0 Å². The van der Waals surface area contributed by atoms with Crippen LogP contribution in [0.5, 0.6) is 0 Å². The summed E-state index contributed by atoms with van der Waals surface area (Å²) in [6, 6.07) is 5.21. The lowest BCUT2D eigenvalue weighted by molar-refractivity contribution is 0.144. The van der Waals surface area contributed by atoms with Gasteiger partial charge in [-0.1, -0.05) is 15.9 Å². The Labute approximate surface area is 129 Å². The molecule has 0 bridgehead atoms. The van der Waals surface area contributed by atoms with Crippen LogP contribution in [0.4, 0.5) is 4.39 Å². The molecule has 0 saturated carbocycles. The van der Waals surface area contributed by atoms with Crippen LogP contribution in [0.1, 0.15) is 12.5 Å². The van der Waals surface area contributed by atoms with Crippen molar-refractivity contribution in [3.63, 3.8) is 0 Å². The molecule has 0 amide bonds. The van der Waals surface area contributed by atoms with Crippen LogP contribution < -0.4 is 5.32 Å². The molecule has 0 unspecified atom stereocenters. The number of nitrogens with zero attached hydrogens (tertiary/aromatic N) is 2. The second kappa shape index (κ2) is 7.50. The second-order valence-corrected chi connectivity index (χ2v) is 6.48. The van der Waals surface area contributed by atoms with E-state index in [-0.39, 0.29) is 5.82 Å². The smallest absolute Gasteiger partial charge is 0.123 e. The highest BCUT2D eigenvalue weighted by Gasteiger charge is 2.15. The van der Waals surface area contributed by atoms with Gasteiger partial charge in [0.1, 0.15) is 5.82 Å². The van der Waals surface area contributed by atoms with Gasteiger partial charge in [-0.25, -0.2) is 4.39 Å².